The average molecular weight is 146 g/mol. The molecule has 0 spiro atoms. The van der Waals surface area contributed by atoms with Crippen molar-refractivity contribution in [2.75, 3.05) is 6.61 Å². The summed E-state index contributed by atoms with van der Waals surface area (Å²) in [6.07, 6.45) is 0.998. The third-order valence-corrected chi connectivity index (χ3v) is 2.16. The van der Waals surface area contributed by atoms with Gasteiger partial charge in [0.15, 0.2) is 0 Å². The lowest BCUT2D eigenvalue weighted by atomic mass is 9.85. The molecule has 0 aromatic carbocycles. The Morgan fingerprint density at radius 2 is 1.90 bits per heavy atom. The number of rotatable bonds is 1. The van der Waals surface area contributed by atoms with E-state index in [1.165, 1.54) is 0 Å². The molecule has 1 rings (SSSR count). The molecule has 0 saturated heterocycles. The van der Waals surface area contributed by atoms with Gasteiger partial charge >= 0.3 is 0 Å². The van der Waals surface area contributed by atoms with Gasteiger partial charge in [-0.2, -0.15) is 0 Å². The minimum absolute atomic E-state index is 0.0107. The first-order valence-electron chi connectivity index (χ1n) is 3.71. The molecule has 1 saturated carbocycles. The molecule has 0 aromatic rings. The molecule has 60 valence electrons. The van der Waals surface area contributed by atoms with Crippen molar-refractivity contribution in [1.29, 1.82) is 0 Å². The molecule has 1 aliphatic rings. The Kier molecular flexibility index (Phi) is 2.65. The molecule has 1 aliphatic carbocycles. The van der Waals surface area contributed by atoms with Crippen molar-refractivity contribution in [2.24, 2.45) is 5.92 Å². The first kappa shape index (κ1) is 7.98. The monoisotopic (exact) mass is 146 g/mol. The fourth-order valence-corrected chi connectivity index (χ4v) is 1.40. The Morgan fingerprint density at radius 1 is 1.20 bits per heavy atom. The van der Waals surface area contributed by atoms with Gasteiger partial charge in [0.1, 0.15) is 0 Å². The summed E-state index contributed by atoms with van der Waals surface area (Å²) in [6.45, 7) is 0.0356. The Hall–Kier alpha value is -0.120. The second kappa shape index (κ2) is 3.32. The highest BCUT2D eigenvalue weighted by molar-refractivity contribution is 4.78. The molecule has 0 aromatic heterocycles. The van der Waals surface area contributed by atoms with E-state index in [1.54, 1.807) is 0 Å². The van der Waals surface area contributed by atoms with Gasteiger partial charge in [-0.25, -0.2) is 0 Å². The molecule has 10 heavy (non-hydrogen) atoms. The molecule has 0 aliphatic heterocycles. The molecule has 3 unspecified atom stereocenters. The zero-order valence-corrected chi connectivity index (χ0v) is 5.90. The van der Waals surface area contributed by atoms with E-state index in [1.807, 2.05) is 0 Å². The molecule has 3 atom stereocenters. The molecular formula is C7H14O3. The highest BCUT2D eigenvalue weighted by Crippen LogP contribution is 2.23. The summed E-state index contributed by atoms with van der Waals surface area (Å²) < 4.78 is 0. The lowest BCUT2D eigenvalue weighted by Crippen LogP contribution is -2.33. The highest BCUT2D eigenvalue weighted by Gasteiger charge is 2.26. The molecule has 0 bridgehead atoms. The van der Waals surface area contributed by atoms with Crippen molar-refractivity contribution >= 4 is 0 Å². The topological polar surface area (TPSA) is 60.7 Å². The van der Waals surface area contributed by atoms with Gasteiger partial charge in [-0.15, -0.1) is 0 Å². The zero-order valence-electron chi connectivity index (χ0n) is 5.90. The number of aliphatic hydroxyl groups is 3. The quantitative estimate of drug-likeness (QED) is 0.467. The summed E-state index contributed by atoms with van der Waals surface area (Å²) in [6, 6.07) is 0. The van der Waals surface area contributed by atoms with Crippen LogP contribution in [-0.4, -0.2) is 34.1 Å². The van der Waals surface area contributed by atoms with Gasteiger partial charge in [-0.3, -0.25) is 0 Å². The average Bonchev–Trinajstić information content (AvgIpc) is 1.88. The smallest absolute Gasteiger partial charge is 0.0614 e. The lowest BCUT2D eigenvalue weighted by molar-refractivity contribution is -0.0174. The first-order valence-corrected chi connectivity index (χ1v) is 3.71. The Morgan fingerprint density at radius 3 is 2.40 bits per heavy atom. The van der Waals surface area contributed by atoms with Crippen LogP contribution in [-0.2, 0) is 0 Å². The minimum atomic E-state index is -0.506. The van der Waals surface area contributed by atoms with E-state index < -0.39 is 6.10 Å². The van der Waals surface area contributed by atoms with Crippen LogP contribution in [0.2, 0.25) is 0 Å². The number of hydrogen-bond donors (Lipinski definition) is 3. The molecule has 0 amide bonds. The summed E-state index contributed by atoms with van der Waals surface area (Å²) in [7, 11) is 0. The van der Waals surface area contributed by atoms with Crippen molar-refractivity contribution in [2.45, 2.75) is 31.5 Å². The predicted molar refractivity (Wildman–Crippen MR) is 36.4 cm³/mol. The Bertz CT molecular complexity index is 105. The standard InChI is InChI=1S/C7H14O3/c8-4-5-1-2-6(9)3-7(5)10/h5-10H,1-4H2. The van der Waals surface area contributed by atoms with E-state index in [2.05, 4.69) is 0 Å². The van der Waals surface area contributed by atoms with Crippen LogP contribution in [0.4, 0.5) is 0 Å². The van der Waals surface area contributed by atoms with Crippen LogP contribution in [0.25, 0.3) is 0 Å². The van der Waals surface area contributed by atoms with Crippen molar-refractivity contribution in [3.63, 3.8) is 0 Å². The molecule has 3 nitrogen and oxygen atoms in total. The van der Waals surface area contributed by atoms with E-state index in [0.717, 1.165) is 6.42 Å². The van der Waals surface area contributed by atoms with Crippen LogP contribution in [0.1, 0.15) is 19.3 Å². The third kappa shape index (κ3) is 1.68. The van der Waals surface area contributed by atoms with Crippen LogP contribution < -0.4 is 0 Å². The van der Waals surface area contributed by atoms with Gasteiger partial charge in [-0.1, -0.05) is 0 Å². The van der Waals surface area contributed by atoms with Gasteiger partial charge in [0.25, 0.3) is 0 Å². The normalized spacial score (nSPS) is 41.7. The number of hydrogen-bond acceptors (Lipinski definition) is 3. The van der Waals surface area contributed by atoms with Gasteiger partial charge < -0.3 is 15.3 Å². The Labute approximate surface area is 60.3 Å². The summed E-state index contributed by atoms with van der Waals surface area (Å²) in [5, 5.41) is 27.0. The fraction of sp³-hybridized carbons (Fsp3) is 1.00. The maximum atomic E-state index is 9.22. The first-order chi connectivity index (χ1) is 4.74. The van der Waals surface area contributed by atoms with Gasteiger partial charge in [0.2, 0.25) is 0 Å². The SMILES string of the molecule is OCC1CCC(O)CC1O. The van der Waals surface area contributed by atoms with Crippen LogP contribution in [0.5, 0.6) is 0 Å². The highest BCUT2D eigenvalue weighted by atomic mass is 16.3. The Balaban J connectivity index is 2.36. The van der Waals surface area contributed by atoms with Crippen molar-refractivity contribution in [1.82, 2.24) is 0 Å². The van der Waals surface area contributed by atoms with Crippen LogP contribution in [0.3, 0.4) is 0 Å². The van der Waals surface area contributed by atoms with E-state index in [0.29, 0.717) is 12.8 Å². The van der Waals surface area contributed by atoms with E-state index >= 15 is 0 Å². The van der Waals surface area contributed by atoms with Gasteiger partial charge in [0.05, 0.1) is 12.2 Å². The molecule has 3 heteroatoms. The van der Waals surface area contributed by atoms with Gasteiger partial charge in [-0.05, 0) is 19.3 Å². The van der Waals surface area contributed by atoms with Crippen LogP contribution >= 0.6 is 0 Å². The molecule has 3 N–H and O–H groups in total. The second-order valence-corrected chi connectivity index (χ2v) is 2.98. The molecular weight excluding hydrogens is 132 g/mol. The third-order valence-electron chi connectivity index (χ3n) is 2.16. The van der Waals surface area contributed by atoms with E-state index in [4.69, 9.17) is 10.2 Å². The predicted octanol–water partition coefficient (Wildman–Crippen LogP) is -0.499. The minimum Gasteiger partial charge on any atom is -0.396 e. The second-order valence-electron chi connectivity index (χ2n) is 2.98. The molecule has 1 fully saturated rings. The van der Waals surface area contributed by atoms with Crippen molar-refractivity contribution in [3.8, 4) is 0 Å². The largest absolute Gasteiger partial charge is 0.396 e. The lowest BCUT2D eigenvalue weighted by Gasteiger charge is -2.28. The summed E-state index contributed by atoms with van der Waals surface area (Å²) in [4.78, 5) is 0. The van der Waals surface area contributed by atoms with E-state index in [9.17, 15) is 5.11 Å². The van der Waals surface area contributed by atoms with Crippen molar-refractivity contribution in [3.05, 3.63) is 0 Å². The van der Waals surface area contributed by atoms with E-state index in [-0.39, 0.29) is 18.6 Å². The molecule has 0 radical (unpaired) electrons. The fourth-order valence-electron chi connectivity index (χ4n) is 1.40. The van der Waals surface area contributed by atoms with Gasteiger partial charge in [0, 0.05) is 12.5 Å². The maximum absolute atomic E-state index is 9.22. The number of aliphatic hydroxyl groups excluding tert-OH is 3. The maximum Gasteiger partial charge on any atom is 0.0614 e. The van der Waals surface area contributed by atoms with Crippen LogP contribution in [0, 0.1) is 5.92 Å². The van der Waals surface area contributed by atoms with Crippen molar-refractivity contribution < 1.29 is 15.3 Å². The summed E-state index contributed by atoms with van der Waals surface area (Å²) >= 11 is 0. The van der Waals surface area contributed by atoms with Crippen LogP contribution in [0.15, 0.2) is 0 Å². The molecule has 0 heterocycles. The zero-order chi connectivity index (χ0) is 7.56. The summed E-state index contributed by atoms with van der Waals surface area (Å²) in [5.74, 6) is -0.0107. The summed E-state index contributed by atoms with van der Waals surface area (Å²) in [5.41, 5.74) is 0.